The summed E-state index contributed by atoms with van der Waals surface area (Å²) >= 11 is 0. The van der Waals surface area contributed by atoms with E-state index in [-0.39, 0.29) is 5.92 Å². The largest absolute Gasteiger partial charge is 0.399 e. The summed E-state index contributed by atoms with van der Waals surface area (Å²) < 4.78 is 0. The Balaban J connectivity index is 2.19. The molecule has 0 aliphatic carbocycles. The van der Waals surface area contributed by atoms with Crippen molar-refractivity contribution in [3.05, 3.63) is 60.2 Å². The number of nitrogens with one attached hydrogen (secondary N) is 1. The predicted octanol–water partition coefficient (Wildman–Crippen LogP) is 3.04. The molecular formula is C17H19N3O. The Labute approximate surface area is 123 Å². The number of nitrogen functional groups attached to an aromatic ring is 1. The minimum atomic E-state index is -1.09. The Hall–Kier alpha value is -2.33. The average molecular weight is 281 g/mol. The molecule has 4 heteroatoms. The Morgan fingerprint density at radius 2 is 1.86 bits per heavy atom. The molecule has 0 amide bonds. The zero-order valence-corrected chi connectivity index (χ0v) is 12.2. The van der Waals surface area contributed by atoms with Crippen LogP contribution in [0.2, 0.25) is 0 Å². The van der Waals surface area contributed by atoms with Crippen LogP contribution in [0.1, 0.15) is 25.1 Å². The van der Waals surface area contributed by atoms with E-state index in [1.807, 2.05) is 50.2 Å². The van der Waals surface area contributed by atoms with Gasteiger partial charge in [-0.2, -0.15) is 0 Å². The van der Waals surface area contributed by atoms with Crippen molar-refractivity contribution in [1.29, 1.82) is 0 Å². The highest BCUT2D eigenvalue weighted by Crippen LogP contribution is 2.36. The zero-order valence-electron chi connectivity index (χ0n) is 12.2. The minimum Gasteiger partial charge on any atom is -0.399 e. The molecule has 1 atom stereocenters. The molecule has 0 saturated carbocycles. The molecule has 1 unspecified atom stereocenters. The lowest BCUT2D eigenvalue weighted by atomic mass is 9.80. The maximum atomic E-state index is 11.2. The number of anilines is 1. The fraction of sp³-hybridized carbons (Fsp3) is 0.235. The van der Waals surface area contributed by atoms with Crippen molar-refractivity contribution in [2.24, 2.45) is 5.92 Å². The first-order valence-corrected chi connectivity index (χ1v) is 7.03. The van der Waals surface area contributed by atoms with Crippen molar-refractivity contribution in [1.82, 2.24) is 9.97 Å². The Morgan fingerprint density at radius 1 is 1.14 bits per heavy atom. The van der Waals surface area contributed by atoms with Crippen LogP contribution in [0.4, 0.5) is 5.69 Å². The molecule has 2 aromatic carbocycles. The molecule has 3 aromatic rings. The molecule has 4 N–H and O–H groups in total. The van der Waals surface area contributed by atoms with Gasteiger partial charge in [-0.15, -0.1) is 0 Å². The maximum Gasteiger partial charge on any atom is 0.133 e. The second-order valence-electron chi connectivity index (χ2n) is 5.71. The van der Waals surface area contributed by atoms with E-state index in [0.29, 0.717) is 5.69 Å². The van der Waals surface area contributed by atoms with Gasteiger partial charge in [0.05, 0.1) is 18.2 Å². The van der Waals surface area contributed by atoms with E-state index < -0.39 is 5.60 Å². The number of aliphatic hydroxyl groups is 1. The van der Waals surface area contributed by atoms with E-state index in [9.17, 15) is 5.11 Å². The first-order valence-electron chi connectivity index (χ1n) is 7.03. The summed E-state index contributed by atoms with van der Waals surface area (Å²) in [6.07, 6.45) is 3.26. The van der Waals surface area contributed by atoms with Crippen molar-refractivity contribution >= 4 is 16.5 Å². The third-order valence-electron chi connectivity index (χ3n) is 4.05. The van der Waals surface area contributed by atoms with Crippen LogP contribution in [-0.2, 0) is 5.60 Å². The lowest BCUT2D eigenvalue weighted by molar-refractivity contribution is 0.0281. The molecule has 0 bridgehead atoms. The number of H-pyrrole nitrogens is 1. The quantitative estimate of drug-likeness (QED) is 0.646. The number of nitrogens with zero attached hydrogens (tertiary/aromatic N) is 1. The number of imidazole rings is 1. The zero-order chi connectivity index (χ0) is 15.0. The van der Waals surface area contributed by atoms with Gasteiger partial charge in [0.25, 0.3) is 0 Å². The summed E-state index contributed by atoms with van der Waals surface area (Å²) in [6.45, 7) is 3.99. The lowest BCUT2D eigenvalue weighted by Gasteiger charge is -2.32. The summed E-state index contributed by atoms with van der Waals surface area (Å²) in [5.41, 5.74) is 7.01. The predicted molar refractivity (Wildman–Crippen MR) is 84.8 cm³/mol. The van der Waals surface area contributed by atoms with Gasteiger partial charge in [0.1, 0.15) is 5.60 Å². The normalized spacial score (nSPS) is 14.5. The highest BCUT2D eigenvalue weighted by molar-refractivity contribution is 5.86. The molecule has 1 heterocycles. The topological polar surface area (TPSA) is 74.9 Å². The van der Waals surface area contributed by atoms with Gasteiger partial charge in [-0.05, 0) is 40.5 Å². The van der Waals surface area contributed by atoms with Crippen LogP contribution in [0, 0.1) is 5.92 Å². The van der Waals surface area contributed by atoms with Crippen LogP contribution < -0.4 is 5.73 Å². The third kappa shape index (κ3) is 2.17. The third-order valence-corrected chi connectivity index (χ3v) is 4.05. The van der Waals surface area contributed by atoms with E-state index in [0.717, 1.165) is 22.0 Å². The molecule has 21 heavy (non-hydrogen) atoms. The second kappa shape index (κ2) is 4.90. The van der Waals surface area contributed by atoms with E-state index in [4.69, 9.17) is 5.73 Å². The molecule has 0 aliphatic rings. The van der Waals surface area contributed by atoms with Crippen molar-refractivity contribution in [3.63, 3.8) is 0 Å². The second-order valence-corrected chi connectivity index (χ2v) is 5.71. The van der Waals surface area contributed by atoms with Crippen LogP contribution in [0.5, 0.6) is 0 Å². The number of aromatic amines is 1. The van der Waals surface area contributed by atoms with Crippen LogP contribution >= 0.6 is 0 Å². The van der Waals surface area contributed by atoms with Crippen LogP contribution in [0.3, 0.4) is 0 Å². The van der Waals surface area contributed by atoms with Crippen LogP contribution in [-0.4, -0.2) is 15.1 Å². The molecule has 0 aliphatic heterocycles. The smallest absolute Gasteiger partial charge is 0.133 e. The van der Waals surface area contributed by atoms with Gasteiger partial charge in [0.15, 0.2) is 0 Å². The monoisotopic (exact) mass is 281 g/mol. The number of hydrogen-bond donors (Lipinski definition) is 3. The molecule has 3 rings (SSSR count). The van der Waals surface area contributed by atoms with Gasteiger partial charge in [0.2, 0.25) is 0 Å². The van der Waals surface area contributed by atoms with E-state index in [1.165, 1.54) is 0 Å². The summed E-state index contributed by atoms with van der Waals surface area (Å²) in [4.78, 5) is 7.07. The first-order chi connectivity index (χ1) is 10.0. The highest BCUT2D eigenvalue weighted by atomic mass is 16.3. The number of aromatic nitrogens is 2. The number of fused-ring (bicyclic) bond motifs is 1. The van der Waals surface area contributed by atoms with Gasteiger partial charge in [-0.3, -0.25) is 0 Å². The minimum absolute atomic E-state index is 0.00387. The fourth-order valence-electron chi connectivity index (χ4n) is 2.77. The number of nitrogens with two attached hydrogens (primary N) is 1. The Kier molecular flexibility index (Phi) is 3.18. The molecule has 108 valence electrons. The first kappa shape index (κ1) is 13.6. The molecular weight excluding hydrogens is 262 g/mol. The Bertz CT molecular complexity index is 765. The van der Waals surface area contributed by atoms with Crippen LogP contribution in [0.25, 0.3) is 10.8 Å². The van der Waals surface area contributed by atoms with Gasteiger partial charge in [-0.1, -0.05) is 32.0 Å². The van der Waals surface area contributed by atoms with Gasteiger partial charge in [-0.25, -0.2) is 4.98 Å². The van der Waals surface area contributed by atoms with E-state index >= 15 is 0 Å². The molecule has 4 nitrogen and oxygen atoms in total. The Morgan fingerprint density at radius 3 is 2.52 bits per heavy atom. The number of hydrogen-bond acceptors (Lipinski definition) is 3. The molecule has 0 fully saturated rings. The molecule has 1 aromatic heterocycles. The van der Waals surface area contributed by atoms with E-state index in [2.05, 4.69) is 9.97 Å². The SMILES string of the molecule is CC(C)C(O)(c1ccc2cc(N)ccc2c1)c1cnc[nH]1. The maximum absolute atomic E-state index is 11.2. The average Bonchev–Trinajstić information content (AvgIpc) is 3.00. The summed E-state index contributed by atoms with van der Waals surface area (Å²) in [5.74, 6) is 0.00387. The summed E-state index contributed by atoms with van der Waals surface area (Å²) in [7, 11) is 0. The lowest BCUT2D eigenvalue weighted by Crippen LogP contribution is -2.33. The van der Waals surface area contributed by atoms with Crippen molar-refractivity contribution < 1.29 is 5.11 Å². The fourth-order valence-corrected chi connectivity index (χ4v) is 2.77. The summed E-state index contributed by atoms with van der Waals surface area (Å²) in [5, 5.41) is 13.4. The number of rotatable bonds is 3. The van der Waals surface area contributed by atoms with Crippen LogP contribution in [0.15, 0.2) is 48.9 Å². The van der Waals surface area contributed by atoms with E-state index in [1.54, 1.807) is 12.5 Å². The summed E-state index contributed by atoms with van der Waals surface area (Å²) in [6, 6.07) is 11.7. The standard InChI is InChI=1S/C17H19N3O/c1-11(2)17(21,16-9-19-10-20-16)14-5-3-13-8-15(18)6-4-12(13)7-14/h3-11,21H,18H2,1-2H3,(H,19,20). The van der Waals surface area contributed by atoms with Crippen molar-refractivity contribution in [2.45, 2.75) is 19.4 Å². The van der Waals surface area contributed by atoms with Crippen molar-refractivity contribution in [2.75, 3.05) is 5.73 Å². The van der Waals surface area contributed by atoms with Gasteiger partial charge in [0, 0.05) is 5.69 Å². The van der Waals surface area contributed by atoms with Gasteiger partial charge < -0.3 is 15.8 Å². The van der Waals surface area contributed by atoms with Gasteiger partial charge >= 0.3 is 0 Å². The molecule has 0 radical (unpaired) electrons. The molecule has 0 spiro atoms. The van der Waals surface area contributed by atoms with Crippen molar-refractivity contribution in [3.8, 4) is 0 Å². The molecule has 0 saturated heterocycles. The number of benzene rings is 2. The highest BCUT2D eigenvalue weighted by Gasteiger charge is 2.36.